The normalized spacial score (nSPS) is 12.5. The van der Waals surface area contributed by atoms with Crippen molar-refractivity contribution >= 4 is 15.9 Å². The summed E-state index contributed by atoms with van der Waals surface area (Å²) in [7, 11) is 0. The van der Waals surface area contributed by atoms with E-state index in [0.717, 1.165) is 4.47 Å². The number of aryl methyl sites for hydroxylation is 1. The van der Waals surface area contributed by atoms with Gasteiger partial charge in [-0.1, -0.05) is 22.0 Å². The molecule has 0 spiro atoms. The lowest BCUT2D eigenvalue weighted by atomic mass is 9.97. The fourth-order valence-corrected chi connectivity index (χ4v) is 2.44. The molecular weight excluding hydrogens is 314 g/mol. The summed E-state index contributed by atoms with van der Waals surface area (Å²) < 4.78 is 27.4. The minimum Gasteiger partial charge on any atom is -0.388 e. The van der Waals surface area contributed by atoms with Crippen molar-refractivity contribution in [2.75, 3.05) is 0 Å². The SMILES string of the molecule is Cc1cc(F)ccc1C(O)Cc1cc(Br)ccc1F. The maximum atomic E-state index is 13.6. The Morgan fingerprint density at radius 1 is 1.16 bits per heavy atom. The van der Waals surface area contributed by atoms with E-state index in [0.29, 0.717) is 16.7 Å². The smallest absolute Gasteiger partial charge is 0.126 e. The van der Waals surface area contributed by atoms with Crippen LogP contribution in [-0.4, -0.2) is 5.11 Å². The molecule has 1 unspecified atom stereocenters. The molecule has 1 N–H and O–H groups in total. The number of benzene rings is 2. The summed E-state index contributed by atoms with van der Waals surface area (Å²) in [5.41, 5.74) is 1.69. The lowest BCUT2D eigenvalue weighted by Gasteiger charge is -2.14. The summed E-state index contributed by atoms with van der Waals surface area (Å²) in [4.78, 5) is 0. The first-order valence-electron chi connectivity index (χ1n) is 5.85. The molecule has 2 aromatic rings. The van der Waals surface area contributed by atoms with Gasteiger partial charge in [0.2, 0.25) is 0 Å². The van der Waals surface area contributed by atoms with Gasteiger partial charge in [0.25, 0.3) is 0 Å². The number of aliphatic hydroxyl groups is 1. The van der Waals surface area contributed by atoms with Gasteiger partial charge in [0.15, 0.2) is 0 Å². The molecule has 0 amide bonds. The second-order valence-corrected chi connectivity index (χ2v) is 5.37. The summed E-state index contributed by atoms with van der Waals surface area (Å²) in [6.07, 6.45) is -0.706. The van der Waals surface area contributed by atoms with E-state index >= 15 is 0 Å². The Bertz CT molecular complexity index is 599. The lowest BCUT2D eigenvalue weighted by molar-refractivity contribution is 0.176. The van der Waals surface area contributed by atoms with Crippen molar-refractivity contribution in [2.45, 2.75) is 19.4 Å². The number of halogens is 3. The third kappa shape index (κ3) is 3.39. The molecule has 0 radical (unpaired) electrons. The van der Waals surface area contributed by atoms with E-state index in [1.807, 2.05) is 0 Å². The molecule has 0 fully saturated rings. The van der Waals surface area contributed by atoms with Crippen molar-refractivity contribution in [1.29, 1.82) is 0 Å². The summed E-state index contributed by atoms with van der Waals surface area (Å²) in [5, 5.41) is 10.2. The second-order valence-electron chi connectivity index (χ2n) is 4.46. The van der Waals surface area contributed by atoms with Crippen LogP contribution in [0.1, 0.15) is 22.8 Å². The maximum Gasteiger partial charge on any atom is 0.126 e. The zero-order chi connectivity index (χ0) is 14.0. The summed E-state index contributed by atoms with van der Waals surface area (Å²) in [6.45, 7) is 1.72. The number of aliphatic hydroxyl groups excluding tert-OH is 1. The maximum absolute atomic E-state index is 13.6. The molecule has 4 heteroatoms. The first kappa shape index (κ1) is 14.2. The Balaban J connectivity index is 2.25. The van der Waals surface area contributed by atoms with Crippen LogP contribution in [0, 0.1) is 18.6 Å². The molecule has 0 aromatic heterocycles. The van der Waals surface area contributed by atoms with Gasteiger partial charge in [-0.2, -0.15) is 0 Å². The topological polar surface area (TPSA) is 20.2 Å². The third-order valence-electron chi connectivity index (χ3n) is 3.01. The first-order chi connectivity index (χ1) is 8.97. The van der Waals surface area contributed by atoms with Crippen LogP contribution in [0.15, 0.2) is 40.9 Å². The molecule has 0 aliphatic carbocycles. The fourth-order valence-electron chi connectivity index (χ4n) is 2.03. The monoisotopic (exact) mass is 326 g/mol. The van der Waals surface area contributed by atoms with E-state index in [9.17, 15) is 13.9 Å². The van der Waals surface area contributed by atoms with E-state index in [1.165, 1.54) is 24.3 Å². The highest BCUT2D eigenvalue weighted by Crippen LogP contribution is 2.25. The van der Waals surface area contributed by atoms with Crippen LogP contribution in [0.2, 0.25) is 0 Å². The molecule has 0 heterocycles. The Morgan fingerprint density at radius 2 is 1.89 bits per heavy atom. The summed E-state index contributed by atoms with van der Waals surface area (Å²) in [5.74, 6) is -0.705. The van der Waals surface area contributed by atoms with Gasteiger partial charge < -0.3 is 5.11 Å². The van der Waals surface area contributed by atoms with E-state index in [2.05, 4.69) is 15.9 Å². The molecule has 1 atom stereocenters. The van der Waals surface area contributed by atoms with Gasteiger partial charge in [-0.05, 0) is 53.9 Å². The van der Waals surface area contributed by atoms with Crippen LogP contribution < -0.4 is 0 Å². The zero-order valence-corrected chi connectivity index (χ0v) is 11.9. The highest BCUT2D eigenvalue weighted by atomic mass is 79.9. The molecule has 0 saturated heterocycles. The minimum atomic E-state index is -0.857. The molecule has 19 heavy (non-hydrogen) atoms. The molecule has 0 bridgehead atoms. The van der Waals surface area contributed by atoms with Gasteiger partial charge in [0.05, 0.1) is 6.10 Å². The number of rotatable bonds is 3. The number of hydrogen-bond donors (Lipinski definition) is 1. The average molecular weight is 327 g/mol. The minimum absolute atomic E-state index is 0.151. The van der Waals surface area contributed by atoms with E-state index in [4.69, 9.17) is 0 Å². The molecule has 0 saturated carbocycles. The quantitative estimate of drug-likeness (QED) is 0.891. The Labute approximate surface area is 119 Å². The standard InChI is InChI=1S/C15H13BrF2O/c1-9-6-12(17)3-4-13(9)15(19)8-10-7-11(16)2-5-14(10)18/h2-7,15,19H,8H2,1H3. The highest BCUT2D eigenvalue weighted by molar-refractivity contribution is 9.10. The van der Waals surface area contributed by atoms with E-state index < -0.39 is 6.10 Å². The predicted molar refractivity (Wildman–Crippen MR) is 73.9 cm³/mol. The Morgan fingerprint density at radius 3 is 2.58 bits per heavy atom. The van der Waals surface area contributed by atoms with Crippen molar-refractivity contribution in [3.05, 3.63) is 69.2 Å². The highest BCUT2D eigenvalue weighted by Gasteiger charge is 2.14. The molecule has 0 aliphatic heterocycles. The van der Waals surface area contributed by atoms with Crippen LogP contribution in [0.25, 0.3) is 0 Å². The molecule has 2 rings (SSSR count). The zero-order valence-electron chi connectivity index (χ0n) is 10.3. The Hall–Kier alpha value is -1.26. The third-order valence-corrected chi connectivity index (χ3v) is 3.51. The second kappa shape index (κ2) is 5.80. The van der Waals surface area contributed by atoms with Crippen molar-refractivity contribution in [3.8, 4) is 0 Å². The van der Waals surface area contributed by atoms with Crippen molar-refractivity contribution in [2.24, 2.45) is 0 Å². The molecule has 1 nitrogen and oxygen atoms in total. The summed E-state index contributed by atoms with van der Waals surface area (Å²) in [6, 6.07) is 8.78. The van der Waals surface area contributed by atoms with E-state index in [-0.39, 0.29) is 18.1 Å². The van der Waals surface area contributed by atoms with Crippen LogP contribution in [0.5, 0.6) is 0 Å². The average Bonchev–Trinajstić information content (AvgIpc) is 2.33. The van der Waals surface area contributed by atoms with E-state index in [1.54, 1.807) is 19.1 Å². The van der Waals surface area contributed by atoms with Crippen LogP contribution in [0.3, 0.4) is 0 Å². The Kier molecular flexibility index (Phi) is 4.32. The van der Waals surface area contributed by atoms with Gasteiger partial charge in [-0.25, -0.2) is 8.78 Å². The predicted octanol–water partition coefficient (Wildman–Crippen LogP) is 4.31. The van der Waals surface area contributed by atoms with Crippen LogP contribution >= 0.6 is 15.9 Å². The van der Waals surface area contributed by atoms with Gasteiger partial charge in [0, 0.05) is 10.9 Å². The molecule has 100 valence electrons. The van der Waals surface area contributed by atoms with Crippen molar-refractivity contribution in [1.82, 2.24) is 0 Å². The van der Waals surface area contributed by atoms with Crippen LogP contribution in [0.4, 0.5) is 8.78 Å². The molecule has 2 aromatic carbocycles. The van der Waals surface area contributed by atoms with Crippen LogP contribution in [-0.2, 0) is 6.42 Å². The van der Waals surface area contributed by atoms with Gasteiger partial charge in [-0.15, -0.1) is 0 Å². The van der Waals surface area contributed by atoms with Crippen molar-refractivity contribution in [3.63, 3.8) is 0 Å². The first-order valence-corrected chi connectivity index (χ1v) is 6.64. The molecule has 0 aliphatic rings. The largest absolute Gasteiger partial charge is 0.388 e. The van der Waals surface area contributed by atoms with Gasteiger partial charge >= 0.3 is 0 Å². The lowest BCUT2D eigenvalue weighted by Crippen LogP contribution is -2.05. The van der Waals surface area contributed by atoms with Crippen molar-refractivity contribution < 1.29 is 13.9 Å². The van der Waals surface area contributed by atoms with Gasteiger partial charge in [-0.3, -0.25) is 0 Å². The number of hydrogen-bond acceptors (Lipinski definition) is 1. The molecular formula is C15H13BrF2O. The summed E-state index contributed by atoms with van der Waals surface area (Å²) >= 11 is 3.27. The fraction of sp³-hybridized carbons (Fsp3) is 0.200. The van der Waals surface area contributed by atoms with Gasteiger partial charge in [0.1, 0.15) is 11.6 Å².